The molecule has 1 amide bonds. The first-order valence-electron chi connectivity index (χ1n) is 10.0. The smallest absolute Gasteiger partial charge is 0.251 e. The Bertz CT molecular complexity index is 789. The summed E-state index contributed by atoms with van der Waals surface area (Å²) in [7, 11) is 6.01. The molecule has 0 aliphatic heterocycles. The lowest BCUT2D eigenvalue weighted by Crippen LogP contribution is -2.38. The van der Waals surface area contributed by atoms with Crippen molar-refractivity contribution in [1.29, 1.82) is 0 Å². The van der Waals surface area contributed by atoms with Crippen molar-refractivity contribution in [2.75, 3.05) is 40.8 Å². The van der Waals surface area contributed by atoms with E-state index in [-0.39, 0.29) is 5.91 Å². The standard InChI is InChI=1S/C23H33N5O/c1-5-24-23(28(4)18-19-10-7-6-8-11-19)26-17-20-12-9-13-21(16-20)22(29)25-14-15-27(2)3/h6-13,16H,5,14-15,17-18H2,1-4H3,(H,24,26)(H,25,29). The molecule has 0 heterocycles. The highest BCUT2D eigenvalue weighted by molar-refractivity contribution is 5.94. The zero-order chi connectivity index (χ0) is 21.1. The zero-order valence-electron chi connectivity index (χ0n) is 18.0. The van der Waals surface area contributed by atoms with Crippen LogP contribution in [0, 0.1) is 0 Å². The Morgan fingerprint density at radius 3 is 2.38 bits per heavy atom. The molecular formula is C23H33N5O. The number of rotatable bonds is 9. The van der Waals surface area contributed by atoms with Gasteiger partial charge in [0, 0.05) is 38.8 Å². The molecule has 2 aromatic rings. The van der Waals surface area contributed by atoms with Gasteiger partial charge in [0.1, 0.15) is 0 Å². The van der Waals surface area contributed by atoms with Crippen molar-refractivity contribution in [1.82, 2.24) is 20.4 Å². The fourth-order valence-electron chi connectivity index (χ4n) is 2.87. The summed E-state index contributed by atoms with van der Waals surface area (Å²) >= 11 is 0. The zero-order valence-corrected chi connectivity index (χ0v) is 18.0. The third-order valence-corrected chi connectivity index (χ3v) is 4.40. The molecule has 2 N–H and O–H groups in total. The molecule has 6 heteroatoms. The minimum Gasteiger partial charge on any atom is -0.357 e. The number of likely N-dealkylation sites (N-methyl/N-ethyl adjacent to an activating group) is 1. The van der Waals surface area contributed by atoms with Gasteiger partial charge in [0.15, 0.2) is 5.96 Å². The predicted octanol–water partition coefficient (Wildman–Crippen LogP) is 2.58. The first-order chi connectivity index (χ1) is 14.0. The molecular weight excluding hydrogens is 362 g/mol. The van der Waals surface area contributed by atoms with Crippen molar-refractivity contribution < 1.29 is 4.79 Å². The molecule has 0 radical (unpaired) electrons. The van der Waals surface area contributed by atoms with E-state index in [1.807, 2.05) is 68.5 Å². The van der Waals surface area contributed by atoms with Crippen molar-refractivity contribution in [2.45, 2.75) is 20.0 Å². The minimum absolute atomic E-state index is 0.0502. The van der Waals surface area contributed by atoms with Crippen LogP contribution in [0.4, 0.5) is 0 Å². The summed E-state index contributed by atoms with van der Waals surface area (Å²) in [6.45, 7) is 5.59. The fourth-order valence-corrected chi connectivity index (χ4v) is 2.87. The number of aliphatic imine (C=N–C) groups is 1. The van der Waals surface area contributed by atoms with Crippen LogP contribution in [-0.4, -0.2) is 62.4 Å². The number of nitrogens with zero attached hydrogens (tertiary/aromatic N) is 3. The van der Waals surface area contributed by atoms with E-state index in [9.17, 15) is 4.79 Å². The van der Waals surface area contributed by atoms with Crippen LogP contribution in [0.5, 0.6) is 0 Å². The van der Waals surface area contributed by atoms with E-state index >= 15 is 0 Å². The highest BCUT2D eigenvalue weighted by Gasteiger charge is 2.08. The van der Waals surface area contributed by atoms with Crippen molar-refractivity contribution >= 4 is 11.9 Å². The maximum atomic E-state index is 12.3. The highest BCUT2D eigenvalue weighted by atomic mass is 16.1. The van der Waals surface area contributed by atoms with Gasteiger partial charge in [-0.15, -0.1) is 0 Å². The van der Waals surface area contributed by atoms with Crippen LogP contribution < -0.4 is 10.6 Å². The summed E-state index contributed by atoms with van der Waals surface area (Å²) in [6.07, 6.45) is 0. The normalized spacial score (nSPS) is 11.4. The second-order valence-electron chi connectivity index (χ2n) is 7.27. The molecule has 0 aromatic heterocycles. The summed E-state index contributed by atoms with van der Waals surface area (Å²) < 4.78 is 0. The van der Waals surface area contributed by atoms with E-state index < -0.39 is 0 Å². The molecule has 2 rings (SSSR count). The van der Waals surface area contributed by atoms with Gasteiger partial charge in [-0.05, 0) is 44.3 Å². The summed E-state index contributed by atoms with van der Waals surface area (Å²) in [5.41, 5.74) is 2.91. The number of hydrogen-bond donors (Lipinski definition) is 2. The molecule has 156 valence electrons. The van der Waals surface area contributed by atoms with Gasteiger partial charge in [0.2, 0.25) is 0 Å². The van der Waals surface area contributed by atoms with Gasteiger partial charge >= 0.3 is 0 Å². The molecule has 0 unspecified atom stereocenters. The third-order valence-electron chi connectivity index (χ3n) is 4.40. The van der Waals surface area contributed by atoms with Crippen molar-refractivity contribution in [2.24, 2.45) is 4.99 Å². The minimum atomic E-state index is -0.0502. The molecule has 0 atom stereocenters. The van der Waals surface area contributed by atoms with E-state index in [0.717, 1.165) is 31.2 Å². The number of benzene rings is 2. The van der Waals surface area contributed by atoms with Crippen molar-refractivity contribution in [3.63, 3.8) is 0 Å². The molecule has 0 bridgehead atoms. The molecule has 0 spiro atoms. The molecule has 0 saturated heterocycles. The van der Waals surface area contributed by atoms with Gasteiger partial charge in [-0.3, -0.25) is 4.79 Å². The topological polar surface area (TPSA) is 60.0 Å². The molecule has 2 aromatic carbocycles. The number of guanidine groups is 1. The van der Waals surface area contributed by atoms with Crippen LogP contribution in [0.1, 0.15) is 28.4 Å². The number of carbonyl (C=O) groups is 1. The van der Waals surface area contributed by atoms with E-state index in [1.54, 1.807) is 0 Å². The molecule has 0 fully saturated rings. The van der Waals surface area contributed by atoms with Crippen LogP contribution in [0.15, 0.2) is 59.6 Å². The maximum Gasteiger partial charge on any atom is 0.251 e. The Morgan fingerprint density at radius 1 is 0.966 bits per heavy atom. The summed E-state index contributed by atoms with van der Waals surface area (Å²) in [5, 5.41) is 6.29. The van der Waals surface area contributed by atoms with Gasteiger partial charge in [0.25, 0.3) is 5.91 Å². The van der Waals surface area contributed by atoms with Gasteiger partial charge in [0.05, 0.1) is 6.54 Å². The Kier molecular flexibility index (Phi) is 9.18. The van der Waals surface area contributed by atoms with Crippen molar-refractivity contribution in [3.05, 3.63) is 71.3 Å². The molecule has 6 nitrogen and oxygen atoms in total. The molecule has 0 aliphatic carbocycles. The van der Waals surface area contributed by atoms with E-state index in [2.05, 4.69) is 34.6 Å². The number of hydrogen-bond acceptors (Lipinski definition) is 3. The lowest BCUT2D eigenvalue weighted by molar-refractivity contribution is 0.0951. The van der Waals surface area contributed by atoms with E-state index in [1.165, 1.54) is 5.56 Å². The average molecular weight is 396 g/mol. The van der Waals surface area contributed by atoms with Crippen LogP contribution in [0.2, 0.25) is 0 Å². The number of nitrogens with one attached hydrogen (secondary N) is 2. The average Bonchev–Trinajstić information content (AvgIpc) is 2.71. The maximum absolute atomic E-state index is 12.3. The number of carbonyl (C=O) groups excluding carboxylic acids is 1. The second-order valence-corrected chi connectivity index (χ2v) is 7.27. The Morgan fingerprint density at radius 2 is 1.69 bits per heavy atom. The van der Waals surface area contributed by atoms with Crippen LogP contribution in [0.3, 0.4) is 0 Å². The Balaban J connectivity index is 2.02. The van der Waals surface area contributed by atoms with Gasteiger partial charge in [-0.2, -0.15) is 0 Å². The van der Waals surface area contributed by atoms with Crippen molar-refractivity contribution in [3.8, 4) is 0 Å². The second kappa shape index (κ2) is 11.9. The van der Waals surface area contributed by atoms with Gasteiger partial charge in [-0.1, -0.05) is 42.5 Å². The first kappa shape index (κ1) is 22.4. The fraction of sp³-hybridized carbons (Fsp3) is 0.391. The van der Waals surface area contributed by atoms with Crippen LogP contribution >= 0.6 is 0 Å². The summed E-state index contributed by atoms with van der Waals surface area (Å²) in [4.78, 5) is 21.3. The number of amides is 1. The van der Waals surface area contributed by atoms with Crippen LogP contribution in [0.25, 0.3) is 0 Å². The highest BCUT2D eigenvalue weighted by Crippen LogP contribution is 2.08. The third kappa shape index (κ3) is 7.95. The molecule has 0 saturated carbocycles. The first-order valence-corrected chi connectivity index (χ1v) is 10.0. The van der Waals surface area contributed by atoms with Gasteiger partial charge in [-0.25, -0.2) is 4.99 Å². The Hall–Kier alpha value is -2.86. The Labute approximate surface area is 174 Å². The predicted molar refractivity (Wildman–Crippen MR) is 120 cm³/mol. The largest absolute Gasteiger partial charge is 0.357 e. The SMILES string of the molecule is CCNC(=NCc1cccc(C(=O)NCCN(C)C)c1)N(C)Cc1ccccc1. The van der Waals surface area contributed by atoms with Crippen LogP contribution in [-0.2, 0) is 13.1 Å². The molecule has 0 aliphatic rings. The quantitative estimate of drug-likeness (QED) is 0.506. The monoisotopic (exact) mass is 395 g/mol. The van der Waals surface area contributed by atoms with E-state index in [4.69, 9.17) is 4.99 Å². The lowest BCUT2D eigenvalue weighted by atomic mass is 10.1. The summed E-state index contributed by atoms with van der Waals surface area (Å²) in [6, 6.07) is 18.0. The molecule has 29 heavy (non-hydrogen) atoms. The van der Waals surface area contributed by atoms with Gasteiger partial charge < -0.3 is 20.4 Å². The lowest BCUT2D eigenvalue weighted by Gasteiger charge is -2.22. The summed E-state index contributed by atoms with van der Waals surface area (Å²) in [5.74, 6) is 0.794. The van der Waals surface area contributed by atoms with E-state index in [0.29, 0.717) is 18.7 Å².